The normalized spacial score (nSPS) is 25.0. The van der Waals surface area contributed by atoms with E-state index < -0.39 is 17.5 Å². The molecule has 3 atom stereocenters. The van der Waals surface area contributed by atoms with Crippen LogP contribution in [0.4, 0.5) is 0 Å². The highest BCUT2D eigenvalue weighted by molar-refractivity contribution is 6.35. The predicted octanol–water partition coefficient (Wildman–Crippen LogP) is 4.42. The number of carbonyl (C=O) groups is 2. The second-order valence-electron chi connectivity index (χ2n) is 7.53. The Labute approximate surface area is 182 Å². The molecule has 0 radical (unpaired) electrons. The summed E-state index contributed by atoms with van der Waals surface area (Å²) in [6.07, 6.45) is 0.512. The second-order valence-corrected chi connectivity index (χ2v) is 8.40. The lowest BCUT2D eigenvalue weighted by Crippen LogP contribution is -2.46. The molecule has 2 aliphatic rings. The summed E-state index contributed by atoms with van der Waals surface area (Å²) in [6.45, 7) is 0.176. The van der Waals surface area contributed by atoms with Crippen molar-refractivity contribution in [1.82, 2.24) is 4.90 Å². The van der Waals surface area contributed by atoms with Crippen LogP contribution in [0.2, 0.25) is 10.0 Å². The van der Waals surface area contributed by atoms with Gasteiger partial charge in [-0.1, -0.05) is 40.4 Å². The number of benzene rings is 2. The van der Waals surface area contributed by atoms with Gasteiger partial charge in [-0.3, -0.25) is 9.59 Å². The minimum atomic E-state index is -1.12. The molecule has 2 fully saturated rings. The Morgan fingerprint density at radius 2 is 1.87 bits per heavy atom. The van der Waals surface area contributed by atoms with E-state index in [0.717, 1.165) is 5.56 Å². The number of halogens is 2. The van der Waals surface area contributed by atoms with Gasteiger partial charge < -0.3 is 4.90 Å². The van der Waals surface area contributed by atoms with E-state index >= 15 is 0 Å². The van der Waals surface area contributed by atoms with Crippen molar-refractivity contribution >= 4 is 34.9 Å². The number of fused-ring (bicyclic) bond motifs is 1. The largest absolute Gasteiger partial charge is 0.328 e. The average molecular weight is 440 g/mol. The lowest BCUT2D eigenvalue weighted by atomic mass is 9.80. The number of nitrogens with zero attached hydrogens (tertiary/aromatic N) is 5. The molecule has 9 heteroatoms. The third kappa shape index (κ3) is 3.29. The summed E-state index contributed by atoms with van der Waals surface area (Å²) in [4.78, 5) is 31.4. The fraction of sp³-hybridized carbons (Fsp3) is 0.286. The van der Waals surface area contributed by atoms with Crippen LogP contribution in [-0.2, 0) is 16.0 Å². The van der Waals surface area contributed by atoms with Crippen LogP contribution in [0, 0.1) is 11.3 Å². The Bertz CT molecular complexity index is 1120. The molecule has 2 saturated heterocycles. The number of Topliss-reactive ketones (excluding diaryl/α,β-unsaturated/α-hetero) is 1. The van der Waals surface area contributed by atoms with Gasteiger partial charge in [0.1, 0.15) is 11.5 Å². The summed E-state index contributed by atoms with van der Waals surface area (Å²) >= 11 is 12.2. The van der Waals surface area contributed by atoms with Gasteiger partial charge in [-0.25, -0.2) is 0 Å². The van der Waals surface area contributed by atoms with Crippen LogP contribution in [0.3, 0.4) is 0 Å². The van der Waals surface area contributed by atoms with E-state index in [-0.39, 0.29) is 31.1 Å². The monoisotopic (exact) mass is 439 g/mol. The van der Waals surface area contributed by atoms with Crippen LogP contribution < -0.4 is 0 Å². The highest BCUT2D eigenvalue weighted by Gasteiger charge is 2.62. The van der Waals surface area contributed by atoms with Gasteiger partial charge in [-0.05, 0) is 53.4 Å². The molecule has 0 bridgehead atoms. The maximum Gasteiger partial charge on any atom is 0.238 e. The third-order valence-corrected chi connectivity index (χ3v) is 6.17. The standard InChI is InChI=1S/C21H15Cl2N5O2/c22-15-5-14(6-16(23)7-15)18-19(29)21(8-12-1-3-13(10-24)4-2-12)9-17(26-27-25)11-28(21)20(18)30/h1-7,17-18H,8-9,11H2/t17-,18?,21-/m0/s1. The van der Waals surface area contributed by atoms with E-state index in [4.69, 9.17) is 34.0 Å². The molecule has 0 saturated carbocycles. The molecule has 2 aromatic rings. The maximum atomic E-state index is 13.7. The van der Waals surface area contributed by atoms with Gasteiger partial charge in [0.15, 0.2) is 5.78 Å². The summed E-state index contributed by atoms with van der Waals surface area (Å²) < 4.78 is 0. The van der Waals surface area contributed by atoms with E-state index in [1.807, 2.05) is 0 Å². The molecule has 0 aromatic heterocycles. The van der Waals surface area contributed by atoms with E-state index in [9.17, 15) is 9.59 Å². The topological polar surface area (TPSA) is 110 Å². The molecular formula is C21H15Cl2N5O2. The van der Waals surface area contributed by atoms with Crippen LogP contribution in [-0.4, -0.2) is 34.7 Å². The molecule has 0 N–H and O–H groups in total. The molecule has 1 amide bonds. The molecule has 7 nitrogen and oxygen atoms in total. The van der Waals surface area contributed by atoms with Crippen molar-refractivity contribution in [2.75, 3.05) is 6.54 Å². The smallest absolute Gasteiger partial charge is 0.238 e. The van der Waals surface area contributed by atoms with Gasteiger partial charge in [0.05, 0.1) is 17.7 Å². The van der Waals surface area contributed by atoms with Crippen molar-refractivity contribution in [3.05, 3.63) is 79.6 Å². The first-order valence-electron chi connectivity index (χ1n) is 9.23. The van der Waals surface area contributed by atoms with Crippen molar-refractivity contribution in [2.45, 2.75) is 30.3 Å². The quantitative estimate of drug-likeness (QED) is 0.304. The molecule has 2 aliphatic heterocycles. The number of ketones is 1. The third-order valence-electron chi connectivity index (χ3n) is 5.73. The van der Waals surface area contributed by atoms with Crippen LogP contribution in [0.15, 0.2) is 47.6 Å². The van der Waals surface area contributed by atoms with E-state index in [1.165, 1.54) is 4.90 Å². The van der Waals surface area contributed by atoms with Crippen molar-refractivity contribution < 1.29 is 9.59 Å². The van der Waals surface area contributed by atoms with Crippen LogP contribution >= 0.6 is 23.2 Å². The van der Waals surface area contributed by atoms with Crippen molar-refractivity contribution in [2.24, 2.45) is 5.11 Å². The molecule has 0 aliphatic carbocycles. The zero-order chi connectivity index (χ0) is 21.5. The fourth-order valence-electron chi connectivity index (χ4n) is 4.50. The summed E-state index contributed by atoms with van der Waals surface area (Å²) in [5.41, 5.74) is 9.51. The first-order chi connectivity index (χ1) is 14.4. The lowest BCUT2D eigenvalue weighted by molar-refractivity contribution is -0.130. The fourth-order valence-corrected chi connectivity index (χ4v) is 5.04. The molecule has 150 valence electrons. The molecular weight excluding hydrogens is 425 g/mol. The Hall–Kier alpha value is -3.04. The Balaban J connectivity index is 1.77. The molecule has 2 heterocycles. The van der Waals surface area contributed by atoms with E-state index in [1.54, 1.807) is 42.5 Å². The van der Waals surface area contributed by atoms with Crippen molar-refractivity contribution in [1.29, 1.82) is 5.26 Å². The van der Waals surface area contributed by atoms with Gasteiger partial charge in [-0.2, -0.15) is 5.26 Å². The summed E-state index contributed by atoms with van der Waals surface area (Å²) in [5, 5.41) is 13.5. The summed E-state index contributed by atoms with van der Waals surface area (Å²) in [7, 11) is 0. The molecule has 30 heavy (non-hydrogen) atoms. The highest BCUT2D eigenvalue weighted by Crippen LogP contribution is 2.47. The summed E-state index contributed by atoms with van der Waals surface area (Å²) in [6, 6.07) is 13.2. The first kappa shape index (κ1) is 20.2. The van der Waals surface area contributed by atoms with Crippen molar-refractivity contribution in [3.63, 3.8) is 0 Å². The maximum absolute atomic E-state index is 13.7. The molecule has 1 unspecified atom stereocenters. The first-order valence-corrected chi connectivity index (χ1v) is 9.98. The lowest BCUT2D eigenvalue weighted by Gasteiger charge is -2.30. The molecule has 2 aromatic carbocycles. The van der Waals surface area contributed by atoms with Crippen LogP contribution in [0.5, 0.6) is 0 Å². The number of rotatable bonds is 4. The highest BCUT2D eigenvalue weighted by atomic mass is 35.5. The zero-order valence-electron chi connectivity index (χ0n) is 15.6. The summed E-state index contributed by atoms with van der Waals surface area (Å²) in [5.74, 6) is -1.61. The molecule has 4 rings (SSSR count). The van der Waals surface area contributed by atoms with Gasteiger partial charge in [0.25, 0.3) is 0 Å². The average Bonchev–Trinajstić information content (AvgIpc) is 3.15. The van der Waals surface area contributed by atoms with E-state index in [2.05, 4.69) is 16.1 Å². The Kier molecular flexibility index (Phi) is 5.17. The van der Waals surface area contributed by atoms with Crippen molar-refractivity contribution in [3.8, 4) is 6.07 Å². The van der Waals surface area contributed by atoms with Gasteiger partial charge in [0.2, 0.25) is 5.91 Å². The van der Waals surface area contributed by atoms with Crippen LogP contribution in [0.25, 0.3) is 10.4 Å². The zero-order valence-corrected chi connectivity index (χ0v) is 17.1. The number of hydrogen-bond acceptors (Lipinski definition) is 4. The number of carbonyl (C=O) groups excluding carboxylic acids is 2. The number of amides is 1. The van der Waals surface area contributed by atoms with Gasteiger partial charge in [0, 0.05) is 27.9 Å². The van der Waals surface area contributed by atoms with Gasteiger partial charge >= 0.3 is 0 Å². The number of hydrogen-bond donors (Lipinski definition) is 0. The van der Waals surface area contributed by atoms with E-state index in [0.29, 0.717) is 21.2 Å². The Morgan fingerprint density at radius 3 is 2.47 bits per heavy atom. The SMILES string of the molecule is N#Cc1ccc(C[C@@]23C[C@H](N=[N+]=[N-])CN2C(=O)C(c2cc(Cl)cc(Cl)c2)C3=O)cc1. The minimum Gasteiger partial charge on any atom is -0.328 e. The predicted molar refractivity (Wildman–Crippen MR) is 111 cm³/mol. The number of nitriles is 1. The molecule has 0 spiro atoms. The minimum absolute atomic E-state index is 0.176. The van der Waals surface area contributed by atoms with Gasteiger partial charge in [-0.15, -0.1) is 0 Å². The number of azide groups is 1. The Morgan fingerprint density at radius 1 is 1.20 bits per heavy atom. The van der Waals surface area contributed by atoms with Crippen LogP contribution in [0.1, 0.15) is 29.0 Å². The second kappa shape index (κ2) is 7.66.